The van der Waals surface area contributed by atoms with Gasteiger partial charge in [-0.25, -0.2) is 4.39 Å². The van der Waals surface area contributed by atoms with E-state index in [1.807, 2.05) is 0 Å². The predicted molar refractivity (Wildman–Crippen MR) is 57.4 cm³/mol. The molecule has 0 aliphatic carbocycles. The molecule has 16 heavy (non-hydrogen) atoms. The predicted octanol–water partition coefficient (Wildman–Crippen LogP) is 2.38. The first kappa shape index (κ1) is 11.1. The Labute approximate surface area is 92.1 Å². The maximum atomic E-state index is 12.9. The topological polar surface area (TPSA) is 53.6 Å². The van der Waals surface area contributed by atoms with Crippen LogP contribution in [-0.2, 0) is 0 Å². The van der Waals surface area contributed by atoms with E-state index in [0.717, 1.165) is 0 Å². The van der Waals surface area contributed by atoms with Crippen LogP contribution >= 0.6 is 0 Å². The highest BCUT2D eigenvalue weighted by Crippen LogP contribution is 2.30. The van der Waals surface area contributed by atoms with Gasteiger partial charge in [0.05, 0.1) is 5.60 Å². The first-order chi connectivity index (χ1) is 7.38. The molecule has 2 aromatic rings. The molecule has 1 aromatic carbocycles. The van der Waals surface area contributed by atoms with Crippen molar-refractivity contribution in [1.82, 2.24) is 0 Å². The number of fused-ring (bicyclic) bond motifs is 1. The Morgan fingerprint density at radius 1 is 1.31 bits per heavy atom. The summed E-state index contributed by atoms with van der Waals surface area (Å²) in [7, 11) is 0. The monoisotopic (exact) mass is 224 g/mol. The fourth-order valence-electron chi connectivity index (χ4n) is 1.52. The summed E-state index contributed by atoms with van der Waals surface area (Å²) in [6.45, 7) is 2.96. The number of halogens is 1. The summed E-state index contributed by atoms with van der Waals surface area (Å²) in [6.07, 6.45) is -1.14. The lowest BCUT2D eigenvalue weighted by Gasteiger charge is -2.22. The largest absolute Gasteiger partial charge is 0.458 e. The zero-order valence-corrected chi connectivity index (χ0v) is 9.07. The van der Waals surface area contributed by atoms with Gasteiger partial charge in [-0.15, -0.1) is 0 Å². The van der Waals surface area contributed by atoms with Crippen molar-refractivity contribution >= 4 is 11.0 Å². The van der Waals surface area contributed by atoms with Crippen molar-refractivity contribution in [2.24, 2.45) is 0 Å². The van der Waals surface area contributed by atoms with Crippen LogP contribution in [0.4, 0.5) is 4.39 Å². The summed E-state index contributed by atoms with van der Waals surface area (Å²) in [5.41, 5.74) is -0.813. The maximum absolute atomic E-state index is 12.9. The van der Waals surface area contributed by atoms with Gasteiger partial charge in [0.2, 0.25) is 0 Å². The van der Waals surface area contributed by atoms with Gasteiger partial charge in [0.15, 0.2) is 0 Å². The Balaban J connectivity index is 2.47. The molecule has 1 unspecified atom stereocenters. The minimum atomic E-state index is -1.30. The van der Waals surface area contributed by atoms with Crippen LogP contribution in [0.1, 0.15) is 25.7 Å². The van der Waals surface area contributed by atoms with Gasteiger partial charge in [0.25, 0.3) is 0 Å². The van der Waals surface area contributed by atoms with E-state index in [-0.39, 0.29) is 11.6 Å². The van der Waals surface area contributed by atoms with Crippen molar-refractivity contribution < 1.29 is 19.0 Å². The van der Waals surface area contributed by atoms with Crippen LogP contribution in [0.2, 0.25) is 0 Å². The minimum absolute atomic E-state index is 0.230. The summed E-state index contributed by atoms with van der Waals surface area (Å²) in [5.74, 6) is -0.134. The Hall–Kier alpha value is -1.39. The van der Waals surface area contributed by atoms with E-state index in [2.05, 4.69) is 0 Å². The third kappa shape index (κ3) is 1.94. The standard InChI is InChI=1S/C12H13FO3/c1-12(2,15)11(14)10-6-7-5-8(13)3-4-9(7)16-10/h3-6,11,14-15H,1-2H3. The molecule has 0 saturated carbocycles. The second-order valence-corrected chi connectivity index (χ2v) is 4.39. The molecule has 0 radical (unpaired) electrons. The normalized spacial score (nSPS) is 14.3. The van der Waals surface area contributed by atoms with Gasteiger partial charge in [0, 0.05) is 5.39 Å². The van der Waals surface area contributed by atoms with Gasteiger partial charge >= 0.3 is 0 Å². The van der Waals surface area contributed by atoms with Crippen LogP contribution in [-0.4, -0.2) is 15.8 Å². The van der Waals surface area contributed by atoms with Crippen molar-refractivity contribution in [2.45, 2.75) is 25.6 Å². The second-order valence-electron chi connectivity index (χ2n) is 4.39. The molecule has 0 bridgehead atoms. The fraction of sp³-hybridized carbons (Fsp3) is 0.333. The number of rotatable bonds is 2. The molecular formula is C12H13FO3. The number of hydrogen-bond acceptors (Lipinski definition) is 3. The molecule has 1 heterocycles. The molecule has 0 aliphatic rings. The van der Waals surface area contributed by atoms with Crippen molar-refractivity contribution in [3.8, 4) is 0 Å². The molecule has 2 rings (SSSR count). The van der Waals surface area contributed by atoms with Crippen molar-refractivity contribution in [2.75, 3.05) is 0 Å². The third-order valence-corrected chi connectivity index (χ3v) is 2.44. The van der Waals surface area contributed by atoms with Crippen molar-refractivity contribution in [1.29, 1.82) is 0 Å². The van der Waals surface area contributed by atoms with Crippen LogP contribution in [0.5, 0.6) is 0 Å². The molecule has 0 fully saturated rings. The van der Waals surface area contributed by atoms with Gasteiger partial charge in [-0.1, -0.05) is 0 Å². The summed E-state index contributed by atoms with van der Waals surface area (Å²) < 4.78 is 18.3. The molecule has 2 N–H and O–H groups in total. The molecule has 0 amide bonds. The minimum Gasteiger partial charge on any atom is -0.458 e. The van der Waals surface area contributed by atoms with Gasteiger partial charge in [-0.3, -0.25) is 0 Å². The van der Waals surface area contributed by atoms with E-state index >= 15 is 0 Å². The molecule has 1 aromatic heterocycles. The van der Waals surface area contributed by atoms with E-state index in [1.54, 1.807) is 0 Å². The molecule has 3 nitrogen and oxygen atoms in total. The van der Waals surface area contributed by atoms with Gasteiger partial charge in [0.1, 0.15) is 23.3 Å². The van der Waals surface area contributed by atoms with E-state index in [4.69, 9.17) is 4.42 Å². The number of aliphatic hydroxyl groups excluding tert-OH is 1. The zero-order valence-electron chi connectivity index (χ0n) is 9.07. The number of hydrogen-bond donors (Lipinski definition) is 2. The summed E-state index contributed by atoms with van der Waals surface area (Å²) >= 11 is 0. The maximum Gasteiger partial charge on any atom is 0.140 e. The zero-order chi connectivity index (χ0) is 11.9. The average molecular weight is 224 g/mol. The SMILES string of the molecule is CC(C)(O)C(O)c1cc2cc(F)ccc2o1. The van der Waals surface area contributed by atoms with Crippen LogP contribution in [0.15, 0.2) is 28.7 Å². The van der Waals surface area contributed by atoms with E-state index < -0.39 is 11.7 Å². The Kier molecular flexibility index (Phi) is 2.48. The Morgan fingerprint density at radius 3 is 2.62 bits per heavy atom. The summed E-state index contributed by atoms with van der Waals surface area (Å²) in [4.78, 5) is 0. The van der Waals surface area contributed by atoms with E-state index in [1.165, 1.54) is 38.1 Å². The summed E-state index contributed by atoms with van der Waals surface area (Å²) in [6, 6.07) is 5.62. The lowest BCUT2D eigenvalue weighted by Crippen LogP contribution is -2.28. The van der Waals surface area contributed by atoms with E-state index in [9.17, 15) is 14.6 Å². The van der Waals surface area contributed by atoms with Crippen molar-refractivity contribution in [3.05, 3.63) is 35.8 Å². The molecular weight excluding hydrogens is 211 g/mol. The molecule has 1 atom stereocenters. The van der Waals surface area contributed by atoms with Crippen LogP contribution in [0.3, 0.4) is 0 Å². The number of aliphatic hydroxyl groups is 2. The first-order valence-electron chi connectivity index (χ1n) is 4.97. The molecule has 86 valence electrons. The quantitative estimate of drug-likeness (QED) is 0.823. The first-order valence-corrected chi connectivity index (χ1v) is 4.97. The highest BCUT2D eigenvalue weighted by molar-refractivity contribution is 5.78. The second kappa shape index (κ2) is 3.57. The Morgan fingerprint density at radius 2 is 2.00 bits per heavy atom. The smallest absolute Gasteiger partial charge is 0.140 e. The van der Waals surface area contributed by atoms with Gasteiger partial charge in [-0.2, -0.15) is 0 Å². The molecule has 4 heteroatoms. The molecule has 0 aliphatic heterocycles. The van der Waals surface area contributed by atoms with Crippen LogP contribution in [0.25, 0.3) is 11.0 Å². The fourth-order valence-corrected chi connectivity index (χ4v) is 1.52. The highest BCUT2D eigenvalue weighted by Gasteiger charge is 2.29. The average Bonchev–Trinajstić information content (AvgIpc) is 2.57. The van der Waals surface area contributed by atoms with Gasteiger partial charge in [-0.05, 0) is 38.1 Å². The third-order valence-electron chi connectivity index (χ3n) is 2.44. The number of furan rings is 1. The lowest BCUT2D eigenvalue weighted by molar-refractivity contribution is -0.0588. The van der Waals surface area contributed by atoms with Crippen LogP contribution < -0.4 is 0 Å². The number of benzene rings is 1. The Bertz CT molecular complexity index is 510. The molecule has 0 spiro atoms. The highest BCUT2D eigenvalue weighted by atomic mass is 19.1. The van der Waals surface area contributed by atoms with Crippen molar-refractivity contribution in [3.63, 3.8) is 0 Å². The molecule has 0 saturated heterocycles. The van der Waals surface area contributed by atoms with E-state index in [0.29, 0.717) is 11.0 Å². The lowest BCUT2D eigenvalue weighted by atomic mass is 10.00. The van der Waals surface area contributed by atoms with Gasteiger partial charge < -0.3 is 14.6 Å². The summed E-state index contributed by atoms with van der Waals surface area (Å²) in [5, 5.41) is 20.0. The van der Waals surface area contributed by atoms with Crippen LogP contribution in [0, 0.1) is 5.82 Å².